The minimum absolute atomic E-state index is 0.148. The topological polar surface area (TPSA) is 76.7 Å². The number of anilines is 2. The van der Waals surface area contributed by atoms with Gasteiger partial charge < -0.3 is 20.1 Å². The molecule has 2 amide bonds. The molecule has 1 aliphatic heterocycles. The van der Waals surface area contributed by atoms with E-state index in [9.17, 15) is 9.59 Å². The van der Waals surface area contributed by atoms with Crippen molar-refractivity contribution in [1.29, 1.82) is 0 Å². The van der Waals surface area contributed by atoms with Crippen molar-refractivity contribution in [3.63, 3.8) is 0 Å². The van der Waals surface area contributed by atoms with E-state index in [-0.39, 0.29) is 17.9 Å². The molecule has 2 N–H and O–H groups in total. The number of amides is 2. The van der Waals surface area contributed by atoms with Gasteiger partial charge in [-0.3, -0.25) is 9.59 Å². The fourth-order valence-corrected chi connectivity index (χ4v) is 2.76. The van der Waals surface area contributed by atoms with Gasteiger partial charge in [-0.15, -0.1) is 0 Å². The van der Waals surface area contributed by atoms with E-state index in [4.69, 9.17) is 9.47 Å². The van der Waals surface area contributed by atoms with E-state index < -0.39 is 0 Å². The number of hydrogen-bond acceptors (Lipinski definition) is 4. The number of benzene rings is 2. The van der Waals surface area contributed by atoms with Crippen LogP contribution in [0.2, 0.25) is 0 Å². The molecule has 0 saturated carbocycles. The Kier molecular flexibility index (Phi) is 5.86. The minimum Gasteiger partial charge on any atom is -0.492 e. The lowest BCUT2D eigenvalue weighted by molar-refractivity contribution is -0.124. The van der Waals surface area contributed by atoms with E-state index in [1.165, 1.54) is 0 Å². The van der Waals surface area contributed by atoms with Crippen LogP contribution in [-0.2, 0) is 9.53 Å². The molecule has 6 nitrogen and oxygen atoms in total. The predicted octanol–water partition coefficient (Wildman–Crippen LogP) is 3.46. The highest BCUT2D eigenvalue weighted by Crippen LogP contribution is 2.24. The minimum atomic E-state index is -0.381. The normalized spacial score (nSPS) is 16.1. The number of carbonyl (C=O) groups is 2. The van der Waals surface area contributed by atoms with Crippen molar-refractivity contribution in [3.05, 3.63) is 54.1 Å². The second kappa shape index (κ2) is 8.49. The van der Waals surface area contributed by atoms with Gasteiger partial charge in [0.05, 0.1) is 12.3 Å². The van der Waals surface area contributed by atoms with Crippen LogP contribution in [-0.4, -0.2) is 31.1 Å². The van der Waals surface area contributed by atoms with Gasteiger partial charge in [0.25, 0.3) is 11.8 Å². The number of rotatable bonds is 6. The van der Waals surface area contributed by atoms with Crippen molar-refractivity contribution < 1.29 is 19.1 Å². The molecule has 136 valence electrons. The molecule has 0 unspecified atom stereocenters. The fraction of sp³-hybridized carbons (Fsp3) is 0.300. The van der Waals surface area contributed by atoms with E-state index in [2.05, 4.69) is 10.6 Å². The van der Waals surface area contributed by atoms with Crippen LogP contribution in [0.25, 0.3) is 0 Å². The van der Waals surface area contributed by atoms with E-state index in [1.54, 1.807) is 30.3 Å². The van der Waals surface area contributed by atoms with Crippen LogP contribution in [0.1, 0.15) is 30.1 Å². The zero-order chi connectivity index (χ0) is 18.4. The molecule has 1 aliphatic rings. The molecule has 1 saturated heterocycles. The van der Waals surface area contributed by atoms with Gasteiger partial charge in [-0.25, -0.2) is 0 Å². The average molecular weight is 354 g/mol. The zero-order valence-electron chi connectivity index (χ0n) is 14.7. The molecule has 26 heavy (non-hydrogen) atoms. The van der Waals surface area contributed by atoms with Crippen LogP contribution in [0, 0.1) is 0 Å². The molecule has 0 aromatic heterocycles. The standard InChI is InChI=1S/C20H22N2O4/c1-2-25-17-7-4-3-6-16(17)22-19(23)14-9-11-15(12-10-14)21-20(24)18-8-5-13-26-18/h3-4,6-7,9-12,18H,2,5,8,13H2,1H3,(H,21,24)(H,22,23)/t18-/m0/s1. The molecule has 2 aromatic carbocycles. The van der Waals surface area contributed by atoms with Crippen LogP contribution < -0.4 is 15.4 Å². The monoisotopic (exact) mass is 354 g/mol. The van der Waals surface area contributed by atoms with Gasteiger partial charge in [0, 0.05) is 17.9 Å². The van der Waals surface area contributed by atoms with Gasteiger partial charge in [-0.1, -0.05) is 12.1 Å². The molecular weight excluding hydrogens is 332 g/mol. The number of nitrogens with one attached hydrogen (secondary N) is 2. The lowest BCUT2D eigenvalue weighted by Crippen LogP contribution is -2.26. The van der Waals surface area contributed by atoms with Crippen LogP contribution in [0.5, 0.6) is 5.75 Å². The Hall–Kier alpha value is -2.86. The van der Waals surface area contributed by atoms with Gasteiger partial charge in [0.15, 0.2) is 0 Å². The van der Waals surface area contributed by atoms with Crippen molar-refractivity contribution >= 4 is 23.2 Å². The van der Waals surface area contributed by atoms with Gasteiger partial charge in [-0.05, 0) is 56.2 Å². The summed E-state index contributed by atoms with van der Waals surface area (Å²) in [4.78, 5) is 24.5. The van der Waals surface area contributed by atoms with Gasteiger partial charge >= 0.3 is 0 Å². The van der Waals surface area contributed by atoms with Crippen LogP contribution in [0.3, 0.4) is 0 Å². The van der Waals surface area contributed by atoms with Crippen LogP contribution in [0.15, 0.2) is 48.5 Å². The molecule has 0 radical (unpaired) electrons. The van der Waals surface area contributed by atoms with E-state index in [1.807, 2.05) is 25.1 Å². The Balaban J connectivity index is 1.63. The summed E-state index contributed by atoms with van der Waals surface area (Å²) in [6.07, 6.45) is 1.26. The van der Waals surface area contributed by atoms with Crippen LogP contribution in [0.4, 0.5) is 11.4 Å². The Morgan fingerprint density at radius 3 is 2.58 bits per heavy atom. The SMILES string of the molecule is CCOc1ccccc1NC(=O)c1ccc(NC(=O)[C@@H]2CCCO2)cc1. The smallest absolute Gasteiger partial charge is 0.255 e. The van der Waals surface area contributed by atoms with Crippen molar-refractivity contribution in [2.45, 2.75) is 25.9 Å². The third kappa shape index (κ3) is 4.40. The van der Waals surface area contributed by atoms with Crippen molar-refractivity contribution in [3.8, 4) is 5.75 Å². The summed E-state index contributed by atoms with van der Waals surface area (Å²) < 4.78 is 10.9. The Morgan fingerprint density at radius 2 is 1.88 bits per heavy atom. The van der Waals surface area contributed by atoms with Gasteiger partial charge in [-0.2, -0.15) is 0 Å². The Bertz CT molecular complexity index is 768. The molecular formula is C20H22N2O4. The first kappa shape index (κ1) is 17.9. The average Bonchev–Trinajstić information content (AvgIpc) is 3.19. The first-order valence-corrected chi connectivity index (χ1v) is 8.73. The Labute approximate surface area is 152 Å². The highest BCUT2D eigenvalue weighted by Gasteiger charge is 2.23. The highest BCUT2D eigenvalue weighted by molar-refractivity contribution is 6.05. The number of hydrogen-bond donors (Lipinski definition) is 2. The zero-order valence-corrected chi connectivity index (χ0v) is 14.7. The molecule has 1 fully saturated rings. The summed E-state index contributed by atoms with van der Waals surface area (Å²) in [5.41, 5.74) is 1.75. The molecule has 0 spiro atoms. The van der Waals surface area contributed by atoms with E-state index in [0.29, 0.717) is 35.9 Å². The van der Waals surface area contributed by atoms with Gasteiger partial charge in [0.2, 0.25) is 0 Å². The summed E-state index contributed by atoms with van der Waals surface area (Å²) in [7, 11) is 0. The van der Waals surface area contributed by atoms with Gasteiger partial charge in [0.1, 0.15) is 11.9 Å². The lowest BCUT2D eigenvalue weighted by Gasteiger charge is -2.12. The maximum atomic E-state index is 12.4. The molecule has 2 aromatic rings. The van der Waals surface area contributed by atoms with Crippen molar-refractivity contribution in [2.75, 3.05) is 23.8 Å². The lowest BCUT2D eigenvalue weighted by atomic mass is 10.1. The number of ether oxygens (including phenoxy) is 2. The highest BCUT2D eigenvalue weighted by atomic mass is 16.5. The summed E-state index contributed by atoms with van der Waals surface area (Å²) in [5.74, 6) is 0.239. The summed E-state index contributed by atoms with van der Waals surface area (Å²) in [5, 5.41) is 5.66. The number of para-hydroxylation sites is 2. The molecule has 1 heterocycles. The largest absolute Gasteiger partial charge is 0.492 e. The van der Waals surface area contributed by atoms with Crippen molar-refractivity contribution in [1.82, 2.24) is 0 Å². The maximum Gasteiger partial charge on any atom is 0.255 e. The van der Waals surface area contributed by atoms with E-state index in [0.717, 1.165) is 12.8 Å². The van der Waals surface area contributed by atoms with Crippen LogP contribution >= 0.6 is 0 Å². The first-order chi connectivity index (χ1) is 12.7. The third-order valence-electron chi connectivity index (χ3n) is 4.07. The summed E-state index contributed by atoms with van der Waals surface area (Å²) >= 11 is 0. The molecule has 3 rings (SSSR count). The summed E-state index contributed by atoms with van der Waals surface area (Å²) in [6.45, 7) is 3.04. The quantitative estimate of drug-likeness (QED) is 0.833. The predicted molar refractivity (Wildman–Crippen MR) is 99.6 cm³/mol. The van der Waals surface area contributed by atoms with Crippen molar-refractivity contribution in [2.24, 2.45) is 0 Å². The third-order valence-corrected chi connectivity index (χ3v) is 4.07. The maximum absolute atomic E-state index is 12.4. The Morgan fingerprint density at radius 1 is 1.12 bits per heavy atom. The summed E-state index contributed by atoms with van der Waals surface area (Å²) in [6, 6.07) is 14.0. The number of carbonyl (C=O) groups excluding carboxylic acids is 2. The molecule has 1 atom stereocenters. The fourth-order valence-electron chi connectivity index (χ4n) is 2.76. The molecule has 0 bridgehead atoms. The first-order valence-electron chi connectivity index (χ1n) is 8.73. The second-order valence-electron chi connectivity index (χ2n) is 5.95. The molecule has 6 heteroatoms. The van der Waals surface area contributed by atoms with E-state index >= 15 is 0 Å². The molecule has 0 aliphatic carbocycles. The second-order valence-corrected chi connectivity index (χ2v) is 5.95.